The Morgan fingerprint density at radius 1 is 1.38 bits per heavy atom. The molecule has 0 saturated heterocycles. The molecule has 0 saturated carbocycles. The van der Waals surface area contributed by atoms with Gasteiger partial charge in [-0.3, -0.25) is 0 Å². The summed E-state index contributed by atoms with van der Waals surface area (Å²) in [7, 11) is 1.53. The highest BCUT2D eigenvalue weighted by Gasteiger charge is 2.05. The molecule has 0 spiro atoms. The van der Waals surface area contributed by atoms with Crippen molar-refractivity contribution in [3.63, 3.8) is 0 Å². The molecule has 0 bridgehead atoms. The largest absolute Gasteiger partial charge is 0.494 e. The number of fused-ring (bicyclic) bond motifs is 1. The zero-order chi connectivity index (χ0) is 9.42. The molecular weight excluding hydrogens is 170 g/mol. The smallest absolute Gasteiger partial charge is 0.323 e. The van der Waals surface area contributed by atoms with E-state index in [4.69, 9.17) is 10.5 Å². The second kappa shape index (κ2) is 2.55. The first-order valence-electron chi connectivity index (χ1n) is 3.76. The Morgan fingerprint density at radius 3 is 2.85 bits per heavy atom. The maximum atomic E-state index is 11.0. The molecular formula is C8H9N3O2. The van der Waals surface area contributed by atoms with Gasteiger partial charge in [-0.1, -0.05) is 0 Å². The van der Waals surface area contributed by atoms with Gasteiger partial charge in [-0.2, -0.15) is 0 Å². The molecule has 0 amide bonds. The maximum Gasteiger partial charge on any atom is 0.323 e. The molecule has 5 nitrogen and oxygen atoms in total. The van der Waals surface area contributed by atoms with Gasteiger partial charge in [-0.25, -0.2) is 4.79 Å². The molecule has 2 aromatic rings. The van der Waals surface area contributed by atoms with Crippen molar-refractivity contribution >= 4 is 16.7 Å². The fraction of sp³-hybridized carbons (Fsp3) is 0.125. The van der Waals surface area contributed by atoms with Crippen LogP contribution in [-0.4, -0.2) is 17.1 Å². The lowest BCUT2D eigenvalue weighted by atomic mass is 10.2. The van der Waals surface area contributed by atoms with Crippen LogP contribution < -0.4 is 16.2 Å². The Morgan fingerprint density at radius 2 is 2.15 bits per heavy atom. The Bertz CT molecular complexity index is 498. The summed E-state index contributed by atoms with van der Waals surface area (Å²) >= 11 is 0. The standard InChI is InChI=1S/C8H9N3O2/c1-13-6-3-4(9)2-5-7(6)11-8(12)10-5/h2-3H,9H2,1H3,(H2,10,11,12). The van der Waals surface area contributed by atoms with E-state index in [1.807, 2.05) is 0 Å². The topological polar surface area (TPSA) is 83.9 Å². The second-order valence-corrected chi connectivity index (χ2v) is 2.72. The summed E-state index contributed by atoms with van der Waals surface area (Å²) in [6.07, 6.45) is 0. The van der Waals surface area contributed by atoms with E-state index in [1.165, 1.54) is 7.11 Å². The molecule has 0 fully saturated rings. The van der Waals surface area contributed by atoms with Crippen LogP contribution in [0.15, 0.2) is 16.9 Å². The van der Waals surface area contributed by atoms with E-state index < -0.39 is 0 Å². The number of nitrogen functional groups attached to an aromatic ring is 1. The number of nitrogens with one attached hydrogen (secondary N) is 2. The second-order valence-electron chi connectivity index (χ2n) is 2.72. The molecule has 5 heteroatoms. The minimum atomic E-state index is -0.265. The van der Waals surface area contributed by atoms with E-state index in [0.717, 1.165) is 0 Å². The van der Waals surface area contributed by atoms with Gasteiger partial charge in [0.15, 0.2) is 0 Å². The average molecular weight is 179 g/mol. The first kappa shape index (κ1) is 7.72. The number of imidazole rings is 1. The molecule has 0 unspecified atom stereocenters. The predicted molar refractivity (Wildman–Crippen MR) is 49.9 cm³/mol. The van der Waals surface area contributed by atoms with Crippen LogP contribution in [-0.2, 0) is 0 Å². The number of benzene rings is 1. The van der Waals surface area contributed by atoms with E-state index in [2.05, 4.69) is 9.97 Å². The Balaban J connectivity index is 2.88. The number of anilines is 1. The molecule has 1 aromatic heterocycles. The fourth-order valence-electron chi connectivity index (χ4n) is 1.29. The van der Waals surface area contributed by atoms with Crippen LogP contribution >= 0.6 is 0 Å². The summed E-state index contributed by atoms with van der Waals surface area (Å²) < 4.78 is 5.05. The van der Waals surface area contributed by atoms with Crippen molar-refractivity contribution in [3.05, 3.63) is 22.6 Å². The van der Waals surface area contributed by atoms with Crippen molar-refractivity contribution in [2.45, 2.75) is 0 Å². The lowest BCUT2D eigenvalue weighted by Crippen LogP contribution is -1.99. The molecule has 2 rings (SSSR count). The molecule has 0 radical (unpaired) electrons. The molecule has 1 heterocycles. The molecule has 4 N–H and O–H groups in total. The number of hydrogen-bond acceptors (Lipinski definition) is 3. The quantitative estimate of drug-likeness (QED) is 0.555. The molecule has 0 aliphatic heterocycles. The van der Waals surface area contributed by atoms with Gasteiger partial charge in [0.25, 0.3) is 0 Å². The van der Waals surface area contributed by atoms with Gasteiger partial charge in [0.05, 0.1) is 12.6 Å². The first-order valence-corrected chi connectivity index (χ1v) is 3.76. The average Bonchev–Trinajstić information content (AvgIpc) is 2.43. The molecule has 0 aliphatic carbocycles. The molecule has 0 aliphatic rings. The Labute approximate surface area is 73.5 Å². The van der Waals surface area contributed by atoms with Gasteiger partial charge >= 0.3 is 5.69 Å². The van der Waals surface area contributed by atoms with Crippen LogP contribution in [0.1, 0.15) is 0 Å². The van der Waals surface area contributed by atoms with Gasteiger partial charge in [-0.15, -0.1) is 0 Å². The predicted octanol–water partition coefficient (Wildman–Crippen LogP) is 0.447. The summed E-state index contributed by atoms with van der Waals surface area (Å²) in [6, 6.07) is 3.34. The Hall–Kier alpha value is -1.91. The van der Waals surface area contributed by atoms with Gasteiger partial charge < -0.3 is 20.4 Å². The zero-order valence-electron chi connectivity index (χ0n) is 7.05. The van der Waals surface area contributed by atoms with Crippen molar-refractivity contribution in [3.8, 4) is 5.75 Å². The van der Waals surface area contributed by atoms with Gasteiger partial charge in [0.1, 0.15) is 11.3 Å². The molecule has 0 atom stereocenters. The number of aromatic amines is 2. The van der Waals surface area contributed by atoms with Crippen molar-refractivity contribution in [2.24, 2.45) is 0 Å². The van der Waals surface area contributed by atoms with Gasteiger partial charge in [0.2, 0.25) is 0 Å². The monoisotopic (exact) mass is 179 g/mol. The normalized spacial score (nSPS) is 10.5. The number of aromatic nitrogens is 2. The fourth-order valence-corrected chi connectivity index (χ4v) is 1.29. The van der Waals surface area contributed by atoms with Crippen molar-refractivity contribution < 1.29 is 4.74 Å². The zero-order valence-corrected chi connectivity index (χ0v) is 7.05. The minimum Gasteiger partial charge on any atom is -0.494 e. The summed E-state index contributed by atoms with van der Waals surface area (Å²) in [4.78, 5) is 16.2. The lowest BCUT2D eigenvalue weighted by molar-refractivity contribution is 0.419. The third kappa shape index (κ3) is 1.14. The van der Waals surface area contributed by atoms with Crippen molar-refractivity contribution in [1.82, 2.24) is 9.97 Å². The SMILES string of the molecule is COc1cc(N)cc2[nH]c(=O)[nH]c12. The number of hydrogen-bond donors (Lipinski definition) is 3. The first-order chi connectivity index (χ1) is 6.20. The molecule has 1 aromatic carbocycles. The number of H-pyrrole nitrogens is 2. The van der Waals surface area contributed by atoms with Crippen molar-refractivity contribution in [2.75, 3.05) is 12.8 Å². The maximum absolute atomic E-state index is 11.0. The van der Waals surface area contributed by atoms with E-state index >= 15 is 0 Å². The van der Waals surface area contributed by atoms with E-state index in [-0.39, 0.29) is 5.69 Å². The van der Waals surface area contributed by atoms with E-state index in [0.29, 0.717) is 22.5 Å². The summed E-state index contributed by atoms with van der Waals surface area (Å²) in [5, 5.41) is 0. The van der Waals surface area contributed by atoms with Crippen LogP contribution in [0.2, 0.25) is 0 Å². The number of rotatable bonds is 1. The van der Waals surface area contributed by atoms with E-state index in [1.54, 1.807) is 12.1 Å². The van der Waals surface area contributed by atoms with Crippen LogP contribution in [0.25, 0.3) is 11.0 Å². The van der Waals surface area contributed by atoms with Crippen LogP contribution in [0.5, 0.6) is 5.75 Å². The minimum absolute atomic E-state index is 0.265. The van der Waals surface area contributed by atoms with Gasteiger partial charge in [-0.05, 0) is 6.07 Å². The highest BCUT2D eigenvalue weighted by Crippen LogP contribution is 2.24. The molecule has 68 valence electrons. The number of nitrogens with two attached hydrogens (primary N) is 1. The van der Waals surface area contributed by atoms with Crippen molar-refractivity contribution in [1.29, 1.82) is 0 Å². The Kier molecular flexibility index (Phi) is 1.51. The van der Waals surface area contributed by atoms with Crippen LogP contribution in [0.4, 0.5) is 5.69 Å². The van der Waals surface area contributed by atoms with Gasteiger partial charge in [0, 0.05) is 11.8 Å². The number of ether oxygens (including phenoxy) is 1. The highest BCUT2D eigenvalue weighted by molar-refractivity contribution is 5.84. The summed E-state index contributed by atoms with van der Waals surface area (Å²) in [5.74, 6) is 0.563. The van der Waals surface area contributed by atoms with Crippen LogP contribution in [0.3, 0.4) is 0 Å². The summed E-state index contributed by atoms with van der Waals surface area (Å²) in [5.41, 5.74) is 7.18. The van der Waals surface area contributed by atoms with E-state index in [9.17, 15) is 4.79 Å². The number of methoxy groups -OCH3 is 1. The lowest BCUT2D eigenvalue weighted by Gasteiger charge is -2.01. The summed E-state index contributed by atoms with van der Waals surface area (Å²) in [6.45, 7) is 0. The van der Waals surface area contributed by atoms with Crippen LogP contribution in [0, 0.1) is 0 Å². The third-order valence-electron chi connectivity index (χ3n) is 1.83. The highest BCUT2D eigenvalue weighted by atomic mass is 16.5. The molecule has 13 heavy (non-hydrogen) atoms. The third-order valence-corrected chi connectivity index (χ3v) is 1.83.